The number of anilines is 1. The lowest BCUT2D eigenvalue weighted by Gasteiger charge is -2.22. The molecule has 26 heavy (non-hydrogen) atoms. The van der Waals surface area contributed by atoms with Crippen LogP contribution in [0.2, 0.25) is 0 Å². The van der Waals surface area contributed by atoms with Crippen LogP contribution in [0.25, 0.3) is 10.2 Å². The number of quaternary nitrogens is 1. The van der Waals surface area contributed by atoms with E-state index in [1.54, 1.807) is 24.1 Å². The summed E-state index contributed by atoms with van der Waals surface area (Å²) in [5.41, 5.74) is 0.859. The number of hydrogen-bond donors (Lipinski definition) is 1. The number of ether oxygens (including phenoxy) is 1. The van der Waals surface area contributed by atoms with Gasteiger partial charge in [-0.15, -0.1) is 0 Å². The van der Waals surface area contributed by atoms with Crippen molar-refractivity contribution in [2.24, 2.45) is 0 Å². The fourth-order valence-corrected chi connectivity index (χ4v) is 3.84. The molecule has 1 amide bonds. The molecule has 7 heteroatoms. The van der Waals surface area contributed by atoms with Gasteiger partial charge in [0.15, 0.2) is 10.9 Å². The Labute approximate surface area is 157 Å². The fourth-order valence-electron chi connectivity index (χ4n) is 2.83. The zero-order valence-electron chi connectivity index (χ0n) is 15.3. The standard InChI is InChI=1S/C19H23N3O3S/c1-4-21(5-2)10-11-22(18(23)16-7-6-12-25-16)19-20-15-9-8-14(24-3)13-17(15)26-19/h6-9,12-13H,4-5,10-11H2,1-3H3/p+1. The number of nitrogens with zero attached hydrogens (tertiary/aromatic N) is 2. The molecule has 0 fully saturated rings. The third-order valence-electron chi connectivity index (χ3n) is 4.48. The number of fused-ring (bicyclic) bond motifs is 1. The van der Waals surface area contributed by atoms with Crippen LogP contribution in [-0.4, -0.2) is 44.2 Å². The molecule has 1 aromatic carbocycles. The van der Waals surface area contributed by atoms with Gasteiger partial charge in [-0.2, -0.15) is 0 Å². The minimum Gasteiger partial charge on any atom is -0.497 e. The van der Waals surface area contributed by atoms with Gasteiger partial charge in [-0.05, 0) is 44.2 Å². The Hall–Kier alpha value is -2.38. The summed E-state index contributed by atoms with van der Waals surface area (Å²) in [6.07, 6.45) is 1.52. The maximum absolute atomic E-state index is 13.0. The van der Waals surface area contributed by atoms with Crippen LogP contribution in [0.15, 0.2) is 41.0 Å². The number of benzene rings is 1. The lowest BCUT2D eigenvalue weighted by molar-refractivity contribution is -0.894. The first kappa shape index (κ1) is 18.4. The van der Waals surface area contributed by atoms with Crippen molar-refractivity contribution >= 4 is 32.6 Å². The van der Waals surface area contributed by atoms with Gasteiger partial charge in [0.1, 0.15) is 5.75 Å². The minimum absolute atomic E-state index is 0.160. The monoisotopic (exact) mass is 374 g/mol. The van der Waals surface area contributed by atoms with Crippen molar-refractivity contribution < 1.29 is 18.8 Å². The summed E-state index contributed by atoms with van der Waals surface area (Å²) in [6, 6.07) is 9.16. The molecule has 138 valence electrons. The summed E-state index contributed by atoms with van der Waals surface area (Å²) in [6.45, 7) is 7.81. The summed E-state index contributed by atoms with van der Waals surface area (Å²) in [5, 5.41) is 0.682. The van der Waals surface area contributed by atoms with Crippen molar-refractivity contribution in [3.05, 3.63) is 42.4 Å². The van der Waals surface area contributed by atoms with Crippen LogP contribution in [0.3, 0.4) is 0 Å². The molecule has 0 aliphatic carbocycles. The van der Waals surface area contributed by atoms with Gasteiger partial charge in [0.25, 0.3) is 5.91 Å². The van der Waals surface area contributed by atoms with Crippen LogP contribution in [0.1, 0.15) is 24.4 Å². The number of methoxy groups -OCH3 is 1. The number of rotatable bonds is 8. The number of furan rings is 1. The number of thiazole rings is 1. The Kier molecular flexibility index (Phi) is 5.90. The summed E-state index contributed by atoms with van der Waals surface area (Å²) in [4.78, 5) is 20.8. The molecule has 0 saturated carbocycles. The lowest BCUT2D eigenvalue weighted by Crippen LogP contribution is -3.12. The first-order valence-electron chi connectivity index (χ1n) is 8.79. The van der Waals surface area contributed by atoms with Crippen molar-refractivity contribution in [1.82, 2.24) is 4.98 Å². The van der Waals surface area contributed by atoms with Gasteiger partial charge in [0, 0.05) is 0 Å². The normalized spacial score (nSPS) is 11.2. The highest BCUT2D eigenvalue weighted by molar-refractivity contribution is 7.22. The molecule has 0 spiro atoms. The number of carbonyl (C=O) groups is 1. The molecule has 2 aromatic heterocycles. The predicted molar refractivity (Wildman–Crippen MR) is 103 cm³/mol. The maximum Gasteiger partial charge on any atom is 0.295 e. The first-order valence-corrected chi connectivity index (χ1v) is 9.61. The molecule has 0 aliphatic rings. The number of likely N-dealkylation sites (N-methyl/N-ethyl adjacent to an activating group) is 1. The molecule has 1 N–H and O–H groups in total. The highest BCUT2D eigenvalue weighted by Gasteiger charge is 2.24. The Morgan fingerprint density at radius 2 is 2.12 bits per heavy atom. The molecule has 0 saturated heterocycles. The van der Waals surface area contributed by atoms with Gasteiger partial charge in [-0.3, -0.25) is 9.69 Å². The Morgan fingerprint density at radius 3 is 2.77 bits per heavy atom. The van der Waals surface area contributed by atoms with E-state index in [-0.39, 0.29) is 5.91 Å². The van der Waals surface area contributed by atoms with Gasteiger partial charge in [-0.1, -0.05) is 11.3 Å². The van der Waals surface area contributed by atoms with Gasteiger partial charge < -0.3 is 14.1 Å². The molecule has 0 aliphatic heterocycles. The zero-order chi connectivity index (χ0) is 18.5. The van der Waals surface area contributed by atoms with Crippen LogP contribution in [0.4, 0.5) is 5.13 Å². The molecule has 0 radical (unpaired) electrons. The first-order chi connectivity index (χ1) is 12.7. The van der Waals surface area contributed by atoms with E-state index in [0.29, 0.717) is 17.4 Å². The topological polar surface area (TPSA) is 60.0 Å². The van der Waals surface area contributed by atoms with Crippen LogP contribution < -0.4 is 14.5 Å². The zero-order valence-corrected chi connectivity index (χ0v) is 16.1. The van der Waals surface area contributed by atoms with E-state index in [0.717, 1.165) is 35.6 Å². The van der Waals surface area contributed by atoms with Crippen LogP contribution in [0, 0.1) is 0 Å². The molecule has 2 heterocycles. The Bertz CT molecular complexity index is 856. The van der Waals surface area contributed by atoms with Crippen molar-refractivity contribution in [2.75, 3.05) is 38.2 Å². The summed E-state index contributed by atoms with van der Waals surface area (Å²) < 4.78 is 11.6. The SMILES string of the molecule is CC[NH+](CC)CCN(C(=O)c1ccco1)c1nc2ccc(OC)cc2s1. The molecule has 0 bridgehead atoms. The van der Waals surface area contributed by atoms with E-state index in [1.807, 2.05) is 18.2 Å². The van der Waals surface area contributed by atoms with Crippen LogP contribution in [0.5, 0.6) is 5.75 Å². The van der Waals surface area contributed by atoms with E-state index >= 15 is 0 Å². The molecule has 3 rings (SSSR count). The second kappa shape index (κ2) is 8.33. The Morgan fingerprint density at radius 1 is 1.31 bits per heavy atom. The largest absolute Gasteiger partial charge is 0.497 e. The molecular weight excluding hydrogens is 350 g/mol. The quantitative estimate of drug-likeness (QED) is 0.658. The van der Waals surface area contributed by atoms with Gasteiger partial charge in [-0.25, -0.2) is 4.98 Å². The molecule has 0 unspecified atom stereocenters. The fraction of sp³-hybridized carbons (Fsp3) is 0.368. The second-order valence-electron chi connectivity index (χ2n) is 5.97. The van der Waals surface area contributed by atoms with Crippen molar-refractivity contribution in [1.29, 1.82) is 0 Å². The van der Waals surface area contributed by atoms with Crippen molar-refractivity contribution in [2.45, 2.75) is 13.8 Å². The smallest absolute Gasteiger partial charge is 0.295 e. The predicted octanol–water partition coefficient (Wildman–Crippen LogP) is 2.47. The molecule has 3 aromatic rings. The van der Waals surface area contributed by atoms with E-state index in [4.69, 9.17) is 9.15 Å². The molecule has 6 nitrogen and oxygen atoms in total. The average Bonchev–Trinajstić information content (AvgIpc) is 3.33. The van der Waals surface area contributed by atoms with E-state index in [1.165, 1.54) is 22.5 Å². The van der Waals surface area contributed by atoms with Crippen LogP contribution in [-0.2, 0) is 0 Å². The average molecular weight is 374 g/mol. The summed E-state index contributed by atoms with van der Waals surface area (Å²) >= 11 is 1.49. The lowest BCUT2D eigenvalue weighted by atomic mass is 10.3. The highest BCUT2D eigenvalue weighted by atomic mass is 32.1. The van der Waals surface area contributed by atoms with E-state index in [9.17, 15) is 4.79 Å². The van der Waals surface area contributed by atoms with Crippen LogP contribution >= 0.6 is 11.3 Å². The number of amides is 1. The minimum atomic E-state index is -0.160. The number of aromatic nitrogens is 1. The molecular formula is C19H24N3O3S+. The third-order valence-corrected chi connectivity index (χ3v) is 5.52. The van der Waals surface area contributed by atoms with Crippen molar-refractivity contribution in [3.63, 3.8) is 0 Å². The summed E-state index contributed by atoms with van der Waals surface area (Å²) in [7, 11) is 1.64. The maximum atomic E-state index is 13.0. The van der Waals surface area contributed by atoms with E-state index in [2.05, 4.69) is 18.8 Å². The van der Waals surface area contributed by atoms with Gasteiger partial charge >= 0.3 is 0 Å². The second-order valence-corrected chi connectivity index (χ2v) is 6.98. The number of nitrogens with one attached hydrogen (secondary N) is 1. The van der Waals surface area contributed by atoms with Crippen molar-refractivity contribution in [3.8, 4) is 5.75 Å². The summed E-state index contributed by atoms with van der Waals surface area (Å²) in [5.74, 6) is 0.952. The Balaban J connectivity index is 1.92. The third kappa shape index (κ3) is 3.89. The highest BCUT2D eigenvalue weighted by Crippen LogP contribution is 2.32. The van der Waals surface area contributed by atoms with Gasteiger partial charge in [0.2, 0.25) is 0 Å². The number of carbonyl (C=O) groups excluding carboxylic acids is 1. The van der Waals surface area contributed by atoms with Gasteiger partial charge in [0.05, 0.1) is 49.8 Å². The number of hydrogen-bond acceptors (Lipinski definition) is 5. The van der Waals surface area contributed by atoms with E-state index < -0.39 is 0 Å². The molecule has 0 atom stereocenters.